The van der Waals surface area contributed by atoms with E-state index in [9.17, 15) is 0 Å². The van der Waals surface area contributed by atoms with Gasteiger partial charge in [0, 0.05) is 5.92 Å². The summed E-state index contributed by atoms with van der Waals surface area (Å²) in [7, 11) is 0. The van der Waals surface area contributed by atoms with E-state index in [1.165, 1.54) is 0 Å². The van der Waals surface area contributed by atoms with Gasteiger partial charge in [-0.05, 0) is 25.0 Å². The van der Waals surface area contributed by atoms with Gasteiger partial charge in [-0.2, -0.15) is 0 Å². The molecule has 0 aromatic carbocycles. The third kappa shape index (κ3) is 2.52. The summed E-state index contributed by atoms with van der Waals surface area (Å²) in [6.45, 7) is 7.50. The van der Waals surface area contributed by atoms with Crippen LogP contribution in [0.1, 0.15) is 12.8 Å². The van der Waals surface area contributed by atoms with Crippen LogP contribution in [0, 0.1) is 11.8 Å². The first kappa shape index (κ1) is 10.2. The molecular weight excluding hydrogens is 178 g/mol. The summed E-state index contributed by atoms with van der Waals surface area (Å²) < 4.78 is 0. The number of allylic oxidation sites excluding steroid dienone is 3. The summed E-state index contributed by atoms with van der Waals surface area (Å²) >= 11 is 5.24. The molecule has 0 saturated heterocycles. The van der Waals surface area contributed by atoms with E-state index >= 15 is 0 Å². The third-order valence-electron chi connectivity index (χ3n) is 2.28. The van der Waals surface area contributed by atoms with Gasteiger partial charge in [0.2, 0.25) is 0 Å². The van der Waals surface area contributed by atoms with Gasteiger partial charge in [-0.3, -0.25) is 0 Å². The fraction of sp³-hybridized carbons (Fsp3) is 0.364. The lowest BCUT2D eigenvalue weighted by atomic mass is 9.85. The van der Waals surface area contributed by atoms with Crippen LogP contribution in [0.2, 0.25) is 0 Å². The fourth-order valence-corrected chi connectivity index (χ4v) is 1.93. The maximum atomic E-state index is 5.24. The van der Waals surface area contributed by atoms with Crippen molar-refractivity contribution in [1.82, 2.24) is 5.32 Å². The van der Waals surface area contributed by atoms with Crippen LogP contribution < -0.4 is 5.32 Å². The van der Waals surface area contributed by atoms with Crippen LogP contribution in [0.3, 0.4) is 0 Å². The predicted molar refractivity (Wildman–Crippen MR) is 61.5 cm³/mol. The van der Waals surface area contributed by atoms with Crippen molar-refractivity contribution >= 4 is 17.2 Å². The standard InChI is InChI=1S/C11H15NS/c1-3-5-9-7-8-12-11(13)10(9)6-4-2/h3-4,7-10H,1-2,5-6H2,(H,12,13)/t9-,10+/m0/s1. The molecule has 0 radical (unpaired) electrons. The minimum atomic E-state index is 0.399. The smallest absolute Gasteiger partial charge is 0.0833 e. The number of nitrogens with one attached hydrogen (secondary N) is 1. The molecule has 0 saturated carbocycles. The molecule has 0 bridgehead atoms. The van der Waals surface area contributed by atoms with Crippen molar-refractivity contribution in [2.75, 3.05) is 0 Å². The first-order chi connectivity index (χ1) is 6.29. The number of thiocarbonyl (C=S) groups is 1. The van der Waals surface area contributed by atoms with Gasteiger partial charge in [0.25, 0.3) is 0 Å². The minimum Gasteiger partial charge on any atom is -0.356 e. The molecule has 13 heavy (non-hydrogen) atoms. The molecule has 2 heteroatoms. The van der Waals surface area contributed by atoms with E-state index in [0.717, 1.165) is 17.8 Å². The molecule has 1 aliphatic rings. The molecule has 0 aromatic rings. The molecule has 1 nitrogen and oxygen atoms in total. The molecule has 70 valence electrons. The van der Waals surface area contributed by atoms with Crippen molar-refractivity contribution in [3.8, 4) is 0 Å². The van der Waals surface area contributed by atoms with Crippen molar-refractivity contribution < 1.29 is 0 Å². The molecule has 2 atom stereocenters. The molecule has 0 spiro atoms. The Labute approximate surface area is 85.2 Å². The Morgan fingerprint density at radius 3 is 2.69 bits per heavy atom. The Bertz CT molecular complexity index is 242. The van der Waals surface area contributed by atoms with Crippen LogP contribution in [0.5, 0.6) is 0 Å². The molecule has 0 amide bonds. The maximum Gasteiger partial charge on any atom is 0.0833 e. The molecule has 1 heterocycles. The van der Waals surface area contributed by atoms with Gasteiger partial charge in [0.1, 0.15) is 0 Å². The van der Waals surface area contributed by atoms with Crippen LogP contribution in [0.4, 0.5) is 0 Å². The van der Waals surface area contributed by atoms with E-state index in [1.54, 1.807) is 0 Å². The predicted octanol–water partition coefficient (Wildman–Crippen LogP) is 2.82. The zero-order valence-corrected chi connectivity index (χ0v) is 8.52. The van der Waals surface area contributed by atoms with Gasteiger partial charge in [-0.15, -0.1) is 13.2 Å². The molecule has 0 aromatic heterocycles. The molecular formula is C11H15NS. The summed E-state index contributed by atoms with van der Waals surface area (Å²) in [6, 6.07) is 0. The van der Waals surface area contributed by atoms with Gasteiger partial charge < -0.3 is 5.32 Å². The average molecular weight is 193 g/mol. The van der Waals surface area contributed by atoms with Crippen molar-refractivity contribution in [2.45, 2.75) is 12.8 Å². The van der Waals surface area contributed by atoms with Gasteiger partial charge in [0.15, 0.2) is 0 Å². The van der Waals surface area contributed by atoms with Crippen LogP contribution in [-0.4, -0.2) is 4.99 Å². The zero-order valence-electron chi connectivity index (χ0n) is 7.70. The van der Waals surface area contributed by atoms with Crippen LogP contribution in [-0.2, 0) is 0 Å². The molecule has 0 unspecified atom stereocenters. The SMILES string of the molecule is C=CC[C@H]1C=CNC(=S)[C@@H]1CC=C. The van der Waals surface area contributed by atoms with E-state index in [4.69, 9.17) is 12.2 Å². The van der Waals surface area contributed by atoms with E-state index < -0.39 is 0 Å². The molecule has 0 fully saturated rings. The highest BCUT2D eigenvalue weighted by Gasteiger charge is 2.23. The lowest BCUT2D eigenvalue weighted by Gasteiger charge is -2.27. The first-order valence-corrected chi connectivity index (χ1v) is 4.89. The Hall–Kier alpha value is -0.890. The molecule has 1 aliphatic heterocycles. The topological polar surface area (TPSA) is 12.0 Å². The summed E-state index contributed by atoms with van der Waals surface area (Å²) in [5, 5.41) is 3.07. The van der Waals surface area contributed by atoms with Crippen molar-refractivity contribution in [3.05, 3.63) is 37.6 Å². The number of rotatable bonds is 4. The highest BCUT2D eigenvalue weighted by Crippen LogP contribution is 2.25. The summed E-state index contributed by atoms with van der Waals surface area (Å²) in [5.41, 5.74) is 0. The second kappa shape index (κ2) is 4.97. The lowest BCUT2D eigenvalue weighted by Crippen LogP contribution is -2.33. The molecule has 1 rings (SSSR count). The van der Waals surface area contributed by atoms with E-state index in [2.05, 4.69) is 24.6 Å². The van der Waals surface area contributed by atoms with E-state index in [0.29, 0.717) is 11.8 Å². The van der Waals surface area contributed by atoms with E-state index in [-0.39, 0.29) is 0 Å². The Balaban J connectivity index is 2.71. The summed E-state index contributed by atoms with van der Waals surface area (Å²) in [4.78, 5) is 0.925. The third-order valence-corrected chi connectivity index (χ3v) is 2.70. The Kier molecular flexibility index (Phi) is 3.90. The molecule has 1 N–H and O–H groups in total. The Morgan fingerprint density at radius 2 is 2.08 bits per heavy atom. The second-order valence-electron chi connectivity index (χ2n) is 3.19. The quantitative estimate of drug-likeness (QED) is 0.544. The van der Waals surface area contributed by atoms with Gasteiger partial charge in [0.05, 0.1) is 4.99 Å². The summed E-state index contributed by atoms with van der Waals surface area (Å²) in [6.07, 6.45) is 9.88. The van der Waals surface area contributed by atoms with Crippen molar-refractivity contribution in [1.29, 1.82) is 0 Å². The fourth-order valence-electron chi connectivity index (χ4n) is 1.59. The average Bonchev–Trinajstić information content (AvgIpc) is 2.11. The van der Waals surface area contributed by atoms with E-state index in [1.807, 2.05) is 18.4 Å². The van der Waals surface area contributed by atoms with Crippen LogP contribution >= 0.6 is 12.2 Å². The largest absolute Gasteiger partial charge is 0.356 e. The highest BCUT2D eigenvalue weighted by molar-refractivity contribution is 7.80. The highest BCUT2D eigenvalue weighted by atomic mass is 32.1. The minimum absolute atomic E-state index is 0.399. The second-order valence-corrected chi connectivity index (χ2v) is 3.63. The number of hydrogen-bond donors (Lipinski definition) is 1. The van der Waals surface area contributed by atoms with Gasteiger partial charge in [-0.25, -0.2) is 0 Å². The lowest BCUT2D eigenvalue weighted by molar-refractivity contribution is 0.498. The van der Waals surface area contributed by atoms with Crippen LogP contribution in [0.15, 0.2) is 37.6 Å². The number of hydrogen-bond acceptors (Lipinski definition) is 1. The van der Waals surface area contributed by atoms with Crippen molar-refractivity contribution in [3.63, 3.8) is 0 Å². The molecule has 0 aliphatic carbocycles. The normalized spacial score (nSPS) is 26.6. The monoisotopic (exact) mass is 193 g/mol. The maximum absolute atomic E-state index is 5.24. The Morgan fingerprint density at radius 1 is 1.38 bits per heavy atom. The van der Waals surface area contributed by atoms with Gasteiger partial charge in [-0.1, -0.05) is 30.4 Å². The zero-order chi connectivity index (χ0) is 9.68. The van der Waals surface area contributed by atoms with Gasteiger partial charge >= 0.3 is 0 Å². The summed E-state index contributed by atoms with van der Waals surface area (Å²) in [5.74, 6) is 0.889. The van der Waals surface area contributed by atoms with Crippen LogP contribution in [0.25, 0.3) is 0 Å². The first-order valence-electron chi connectivity index (χ1n) is 4.48. The van der Waals surface area contributed by atoms with Crippen molar-refractivity contribution in [2.24, 2.45) is 11.8 Å².